The van der Waals surface area contributed by atoms with E-state index in [1.165, 1.54) is 35.4 Å². The number of hydrogen-bond acceptors (Lipinski definition) is 13. The summed E-state index contributed by atoms with van der Waals surface area (Å²) in [6.07, 6.45) is 11.0. The summed E-state index contributed by atoms with van der Waals surface area (Å²) in [5.41, 5.74) is 4.71. The fourth-order valence-electron chi connectivity index (χ4n) is 9.80. The van der Waals surface area contributed by atoms with Crippen LogP contribution in [0.1, 0.15) is 71.3 Å². The summed E-state index contributed by atoms with van der Waals surface area (Å²) in [7, 11) is 0. The Hall–Kier alpha value is -5.74. The number of halogens is 2. The Bertz CT molecular complexity index is 2500. The van der Waals surface area contributed by atoms with Crippen LogP contribution in [0.25, 0.3) is 32.9 Å². The number of nitrogens with two attached hydrogens (primary N) is 1. The lowest BCUT2D eigenvalue weighted by atomic mass is 9.85. The maximum Gasteiger partial charge on any atom is 0.319 e. The van der Waals surface area contributed by atoms with E-state index in [4.69, 9.17) is 26.6 Å². The van der Waals surface area contributed by atoms with Gasteiger partial charge in [0.25, 0.3) is 0 Å². The van der Waals surface area contributed by atoms with Crippen molar-refractivity contribution in [2.24, 2.45) is 11.1 Å². The fourth-order valence-corrected chi connectivity index (χ4v) is 9.80. The number of nitrogens with one attached hydrogen (secondary N) is 2. The molecule has 6 N–H and O–H groups in total. The minimum absolute atomic E-state index is 0.0140. The van der Waals surface area contributed by atoms with Gasteiger partial charge in [0.15, 0.2) is 5.82 Å². The van der Waals surface area contributed by atoms with Crippen molar-refractivity contribution in [1.29, 1.82) is 0 Å². The zero-order valence-electron chi connectivity index (χ0n) is 37.0. The summed E-state index contributed by atoms with van der Waals surface area (Å²) in [6, 6.07) is 4.14. The number of likely N-dealkylation sites (tertiary alicyclic amines) is 2. The van der Waals surface area contributed by atoms with E-state index in [1.54, 1.807) is 0 Å². The van der Waals surface area contributed by atoms with Crippen LogP contribution in [-0.2, 0) is 19.1 Å². The molecule has 6 heterocycles. The number of primary amides is 1. The van der Waals surface area contributed by atoms with Crippen LogP contribution < -0.4 is 26.0 Å². The molecular formula is C47H57F2N9O7. The molecule has 4 aliphatic heterocycles. The van der Waals surface area contributed by atoms with Crippen LogP contribution in [0.4, 0.5) is 14.6 Å². The number of ether oxygens (including phenoxy) is 2. The monoisotopic (exact) mass is 897 g/mol. The average molecular weight is 898 g/mol. The number of aromatic hydroxyl groups is 1. The van der Waals surface area contributed by atoms with E-state index < -0.39 is 47.1 Å². The van der Waals surface area contributed by atoms with Crippen LogP contribution in [-0.4, -0.2) is 142 Å². The summed E-state index contributed by atoms with van der Waals surface area (Å²) in [6.45, 7) is 9.08. The maximum atomic E-state index is 17.0. The van der Waals surface area contributed by atoms with E-state index in [2.05, 4.69) is 36.3 Å². The van der Waals surface area contributed by atoms with Crippen molar-refractivity contribution in [3.63, 3.8) is 0 Å². The number of aromatic nitrogens is 3. The Morgan fingerprint density at radius 3 is 2.58 bits per heavy atom. The summed E-state index contributed by atoms with van der Waals surface area (Å²) in [5, 5.41) is 28.3. The lowest BCUT2D eigenvalue weighted by molar-refractivity contribution is -0.143. The normalized spacial score (nSPS) is 22.7. The molecule has 16 nitrogen and oxygen atoms in total. The molecule has 0 radical (unpaired) electrons. The van der Waals surface area contributed by atoms with Gasteiger partial charge >= 0.3 is 6.01 Å². The van der Waals surface area contributed by atoms with Crippen LogP contribution in [0.15, 0.2) is 30.5 Å². The topological polar surface area (TPSA) is 209 Å². The van der Waals surface area contributed by atoms with Gasteiger partial charge < -0.3 is 45.9 Å². The smallest absolute Gasteiger partial charge is 0.319 e. The standard InChI is InChI=1S/C47H57F2N9O7/c1-5-32-35(48)12-9-26-18-30(59)19-33(38(26)32)40-39(49)41-34(21-51-40)44(57-22-27-10-11-28(23-57)52-27)55-46(54-41)65-25-29-8-6-14-56(29)15-7-16-64-17-13-37(61)53-42(47(2,3)4)45(63)58-24-31(60)20-36(58)43(50)62/h1,9,12,18-19,21,27-29,31,36,42,52,59-60H,6-8,10-11,13-17,20,22-25H2,2-4H3,(H2,50,62)(H,53,61)/t27?,28?,29-,31+,36-,42+/m0/s1. The van der Waals surface area contributed by atoms with E-state index in [0.29, 0.717) is 49.3 Å². The molecule has 4 aliphatic rings. The van der Waals surface area contributed by atoms with Gasteiger partial charge in [-0.25, -0.2) is 8.78 Å². The van der Waals surface area contributed by atoms with E-state index in [-0.39, 0.29) is 96.1 Å². The number of aliphatic hydroxyl groups excluding tert-OH is 1. The molecule has 3 amide bonds. The van der Waals surface area contributed by atoms with Gasteiger partial charge in [-0.1, -0.05) is 32.8 Å². The molecule has 0 aliphatic carbocycles. The summed E-state index contributed by atoms with van der Waals surface area (Å²) >= 11 is 0. The number of hydrogen-bond donors (Lipinski definition) is 5. The Balaban J connectivity index is 0.914. The lowest BCUT2D eigenvalue weighted by Crippen LogP contribution is -2.57. The first kappa shape index (κ1) is 45.8. The van der Waals surface area contributed by atoms with Gasteiger partial charge in [-0.15, -0.1) is 6.42 Å². The number of carbonyl (C=O) groups is 3. The Morgan fingerprint density at radius 1 is 1.09 bits per heavy atom. The highest BCUT2D eigenvalue weighted by atomic mass is 19.1. The molecule has 2 aromatic carbocycles. The van der Waals surface area contributed by atoms with Gasteiger partial charge in [0.05, 0.1) is 23.7 Å². The van der Waals surface area contributed by atoms with Gasteiger partial charge in [-0.3, -0.25) is 24.3 Å². The van der Waals surface area contributed by atoms with Gasteiger partial charge in [0.2, 0.25) is 17.7 Å². The fraction of sp³-hybridized carbons (Fsp3) is 0.532. The number of aliphatic hydroxyl groups is 1. The van der Waals surface area contributed by atoms with Crippen LogP contribution >= 0.6 is 0 Å². The number of anilines is 1. The Kier molecular flexibility index (Phi) is 13.4. The van der Waals surface area contributed by atoms with Gasteiger partial charge in [-0.05, 0) is 67.6 Å². The Morgan fingerprint density at radius 2 is 1.86 bits per heavy atom. The second kappa shape index (κ2) is 19.0. The average Bonchev–Trinajstić information content (AvgIpc) is 3.99. The highest BCUT2D eigenvalue weighted by Crippen LogP contribution is 2.39. The summed E-state index contributed by atoms with van der Waals surface area (Å²) in [4.78, 5) is 58.1. The van der Waals surface area contributed by atoms with Crippen LogP contribution in [0.3, 0.4) is 0 Å². The van der Waals surface area contributed by atoms with Crippen molar-refractivity contribution in [3.05, 3.63) is 47.7 Å². The van der Waals surface area contributed by atoms with Gasteiger partial charge in [-0.2, -0.15) is 9.97 Å². The molecule has 2 bridgehead atoms. The number of terminal acetylenes is 1. The number of phenolic OH excluding ortho intramolecular Hbond substituents is 1. The van der Waals surface area contributed by atoms with E-state index in [1.807, 2.05) is 20.8 Å². The SMILES string of the molecule is C#Cc1c(F)ccc2cc(O)cc(-c3ncc4c(N5CC6CCC(C5)N6)nc(OC[C@@H]5CCCN5CCCOCCC(=O)N[C@H](C(=O)N5C[C@H](O)C[C@H]5C(N)=O)C(C)(C)C)nc4c3F)c12. The van der Waals surface area contributed by atoms with E-state index >= 15 is 4.39 Å². The molecule has 18 heteroatoms. The molecule has 8 rings (SSSR count). The second-order valence-electron chi connectivity index (χ2n) is 18.7. The molecule has 346 valence electrons. The highest BCUT2D eigenvalue weighted by Gasteiger charge is 2.44. The van der Waals surface area contributed by atoms with Crippen LogP contribution in [0.5, 0.6) is 11.8 Å². The van der Waals surface area contributed by atoms with Crippen molar-refractivity contribution in [3.8, 4) is 35.4 Å². The van der Waals surface area contributed by atoms with Crippen molar-refractivity contribution in [2.45, 2.75) is 102 Å². The molecule has 2 aromatic heterocycles. The number of β-amino-alcohol motifs (C(OH)–C–C–N with tert-alkyl or cyclic N) is 1. The molecule has 0 saturated carbocycles. The first-order valence-corrected chi connectivity index (χ1v) is 22.4. The first-order chi connectivity index (χ1) is 31.1. The molecule has 0 spiro atoms. The molecular weight excluding hydrogens is 841 g/mol. The number of fused-ring (bicyclic) bond motifs is 4. The number of carbonyl (C=O) groups excluding carboxylic acids is 3. The third kappa shape index (κ3) is 9.79. The number of amides is 3. The summed E-state index contributed by atoms with van der Waals surface area (Å²) < 4.78 is 44.1. The molecule has 4 fully saturated rings. The predicted molar refractivity (Wildman–Crippen MR) is 239 cm³/mol. The van der Waals surface area contributed by atoms with Crippen molar-refractivity contribution in [1.82, 2.24) is 35.4 Å². The van der Waals surface area contributed by atoms with Gasteiger partial charge in [0, 0.05) is 80.9 Å². The van der Waals surface area contributed by atoms with Crippen molar-refractivity contribution >= 4 is 45.2 Å². The minimum Gasteiger partial charge on any atom is -0.508 e. The highest BCUT2D eigenvalue weighted by molar-refractivity contribution is 6.03. The zero-order chi connectivity index (χ0) is 46.2. The number of piperazine rings is 1. The lowest BCUT2D eigenvalue weighted by Gasteiger charge is -2.35. The number of nitrogens with zero attached hydrogens (tertiary/aromatic N) is 6. The second-order valence-corrected chi connectivity index (χ2v) is 18.7. The van der Waals surface area contributed by atoms with Crippen molar-refractivity contribution in [2.75, 3.05) is 57.4 Å². The molecule has 6 atom stereocenters. The largest absolute Gasteiger partial charge is 0.508 e. The quantitative estimate of drug-likeness (QED) is 0.0858. The third-order valence-corrected chi connectivity index (χ3v) is 13.0. The van der Waals surface area contributed by atoms with Crippen LogP contribution in [0.2, 0.25) is 0 Å². The molecule has 65 heavy (non-hydrogen) atoms. The molecule has 4 saturated heterocycles. The third-order valence-electron chi connectivity index (χ3n) is 13.0. The first-order valence-electron chi connectivity index (χ1n) is 22.4. The van der Waals surface area contributed by atoms with E-state index in [0.717, 1.165) is 32.2 Å². The predicted octanol–water partition coefficient (Wildman–Crippen LogP) is 3.37. The number of phenols is 1. The zero-order valence-corrected chi connectivity index (χ0v) is 37.0. The number of benzene rings is 2. The Labute approximate surface area is 376 Å². The summed E-state index contributed by atoms with van der Waals surface area (Å²) in [5.74, 6) is -0.247. The van der Waals surface area contributed by atoms with Crippen LogP contribution in [0, 0.1) is 29.4 Å². The molecule has 4 aromatic rings. The van der Waals surface area contributed by atoms with Gasteiger partial charge in [0.1, 0.15) is 47.3 Å². The number of pyridine rings is 1. The maximum absolute atomic E-state index is 17.0. The molecule has 2 unspecified atom stereocenters. The number of rotatable bonds is 15. The minimum atomic E-state index is -0.936. The van der Waals surface area contributed by atoms with E-state index in [9.17, 15) is 29.0 Å². The van der Waals surface area contributed by atoms with Crippen molar-refractivity contribution < 1.29 is 42.9 Å².